The van der Waals surface area contributed by atoms with Gasteiger partial charge in [-0.1, -0.05) is 38.5 Å². The average molecular weight is 234 g/mol. The molecule has 94 valence electrons. The molecule has 3 heteroatoms. The minimum atomic E-state index is -0.115. The third-order valence-electron chi connectivity index (χ3n) is 2.60. The van der Waals surface area contributed by atoms with Crippen molar-refractivity contribution < 1.29 is 4.79 Å². The van der Waals surface area contributed by atoms with Crippen LogP contribution in [0.1, 0.15) is 38.7 Å². The summed E-state index contributed by atoms with van der Waals surface area (Å²) in [5.74, 6) is 0. The molecular weight excluding hydrogens is 212 g/mol. The van der Waals surface area contributed by atoms with E-state index in [0.717, 1.165) is 31.4 Å². The Hall–Kier alpha value is -1.51. The number of amides is 2. The van der Waals surface area contributed by atoms with E-state index in [-0.39, 0.29) is 6.03 Å². The second kappa shape index (κ2) is 7.71. The number of nitrogens with one attached hydrogen (secondary N) is 2. The van der Waals surface area contributed by atoms with Gasteiger partial charge < -0.3 is 10.6 Å². The molecule has 0 unspecified atom stereocenters. The lowest BCUT2D eigenvalue weighted by Crippen LogP contribution is -2.29. The van der Waals surface area contributed by atoms with Crippen LogP contribution >= 0.6 is 0 Å². The van der Waals surface area contributed by atoms with Gasteiger partial charge in [-0.25, -0.2) is 4.79 Å². The highest BCUT2D eigenvalue weighted by Crippen LogP contribution is 2.17. The molecule has 0 atom stereocenters. The van der Waals surface area contributed by atoms with Crippen molar-refractivity contribution >= 4 is 11.7 Å². The lowest BCUT2D eigenvalue weighted by Gasteiger charge is -2.11. The standard InChI is InChI=1S/C14H22N2O/c1-3-5-8-12-9-6-7-10-13(12)16-14(17)15-11-4-2/h6-7,9-10H,3-5,8,11H2,1-2H3,(H2,15,16,17). The molecule has 0 heterocycles. The van der Waals surface area contributed by atoms with E-state index in [1.807, 2.05) is 25.1 Å². The maximum absolute atomic E-state index is 11.6. The van der Waals surface area contributed by atoms with Gasteiger partial charge >= 0.3 is 6.03 Å². The van der Waals surface area contributed by atoms with Gasteiger partial charge in [-0.15, -0.1) is 0 Å². The second-order valence-electron chi connectivity index (χ2n) is 4.14. The summed E-state index contributed by atoms with van der Waals surface area (Å²) in [5.41, 5.74) is 2.13. The molecule has 0 aliphatic heterocycles. The number of rotatable bonds is 6. The number of para-hydroxylation sites is 1. The Labute approximate surface area is 104 Å². The smallest absolute Gasteiger partial charge is 0.319 e. The number of carbonyl (C=O) groups excluding carboxylic acids is 1. The number of carbonyl (C=O) groups is 1. The SMILES string of the molecule is CCCCc1ccccc1NC(=O)NCCC. The molecule has 0 bridgehead atoms. The highest BCUT2D eigenvalue weighted by Gasteiger charge is 2.04. The lowest BCUT2D eigenvalue weighted by molar-refractivity contribution is 0.252. The summed E-state index contributed by atoms with van der Waals surface area (Å²) in [5, 5.41) is 5.72. The van der Waals surface area contributed by atoms with Crippen LogP contribution in [-0.2, 0) is 6.42 Å². The van der Waals surface area contributed by atoms with Crippen LogP contribution in [0.3, 0.4) is 0 Å². The molecule has 3 nitrogen and oxygen atoms in total. The summed E-state index contributed by atoms with van der Waals surface area (Å²) in [6, 6.07) is 7.88. The number of unbranched alkanes of at least 4 members (excludes halogenated alkanes) is 1. The van der Waals surface area contributed by atoms with Crippen LogP contribution in [0, 0.1) is 0 Å². The zero-order valence-corrected chi connectivity index (χ0v) is 10.8. The van der Waals surface area contributed by atoms with E-state index in [9.17, 15) is 4.79 Å². The molecule has 0 saturated carbocycles. The third kappa shape index (κ3) is 4.89. The van der Waals surface area contributed by atoms with Gasteiger partial charge in [0, 0.05) is 12.2 Å². The molecule has 1 rings (SSSR count). The van der Waals surface area contributed by atoms with Gasteiger partial charge in [0.15, 0.2) is 0 Å². The minimum absolute atomic E-state index is 0.115. The maximum Gasteiger partial charge on any atom is 0.319 e. The predicted octanol–water partition coefficient (Wildman–Crippen LogP) is 3.56. The third-order valence-corrected chi connectivity index (χ3v) is 2.60. The van der Waals surface area contributed by atoms with Crippen LogP contribution in [0.4, 0.5) is 10.5 Å². The minimum Gasteiger partial charge on any atom is -0.338 e. The quantitative estimate of drug-likeness (QED) is 0.776. The van der Waals surface area contributed by atoms with Crippen molar-refractivity contribution in [2.24, 2.45) is 0 Å². The Balaban J connectivity index is 2.59. The number of aryl methyl sites for hydroxylation is 1. The molecule has 1 aromatic rings. The molecule has 0 aromatic heterocycles. The first kappa shape index (κ1) is 13.6. The molecule has 2 amide bonds. The Morgan fingerprint density at radius 2 is 1.94 bits per heavy atom. The fourth-order valence-electron chi connectivity index (χ4n) is 1.63. The molecule has 0 aliphatic rings. The van der Waals surface area contributed by atoms with E-state index >= 15 is 0 Å². The van der Waals surface area contributed by atoms with Crippen LogP contribution in [-0.4, -0.2) is 12.6 Å². The molecule has 0 saturated heterocycles. The van der Waals surface area contributed by atoms with Gasteiger partial charge in [0.2, 0.25) is 0 Å². The predicted molar refractivity (Wildman–Crippen MR) is 72.4 cm³/mol. The number of hydrogen-bond donors (Lipinski definition) is 2. The molecule has 0 spiro atoms. The lowest BCUT2D eigenvalue weighted by atomic mass is 10.1. The summed E-state index contributed by atoms with van der Waals surface area (Å²) in [6.45, 7) is 4.92. The zero-order chi connectivity index (χ0) is 12.5. The fraction of sp³-hybridized carbons (Fsp3) is 0.500. The number of urea groups is 1. The first-order valence-corrected chi connectivity index (χ1v) is 6.40. The van der Waals surface area contributed by atoms with Gasteiger partial charge in [0.1, 0.15) is 0 Å². The summed E-state index contributed by atoms with van der Waals surface area (Å²) in [4.78, 5) is 11.6. The highest BCUT2D eigenvalue weighted by atomic mass is 16.2. The van der Waals surface area contributed by atoms with Crippen LogP contribution < -0.4 is 10.6 Å². The zero-order valence-electron chi connectivity index (χ0n) is 10.8. The van der Waals surface area contributed by atoms with Gasteiger partial charge in [0.05, 0.1) is 0 Å². The van der Waals surface area contributed by atoms with Crippen molar-refractivity contribution in [2.75, 3.05) is 11.9 Å². The number of hydrogen-bond acceptors (Lipinski definition) is 1. The molecular formula is C14H22N2O. The fourth-order valence-corrected chi connectivity index (χ4v) is 1.63. The molecule has 1 aromatic carbocycles. The van der Waals surface area contributed by atoms with Crippen LogP contribution in [0.15, 0.2) is 24.3 Å². The first-order valence-electron chi connectivity index (χ1n) is 6.40. The van der Waals surface area contributed by atoms with Crippen LogP contribution in [0.25, 0.3) is 0 Å². The van der Waals surface area contributed by atoms with E-state index in [1.54, 1.807) is 0 Å². The summed E-state index contributed by atoms with van der Waals surface area (Å²) in [6.07, 6.45) is 4.28. The first-order chi connectivity index (χ1) is 8.27. The van der Waals surface area contributed by atoms with Gasteiger partial charge in [-0.3, -0.25) is 0 Å². The molecule has 17 heavy (non-hydrogen) atoms. The normalized spacial score (nSPS) is 10.0. The average Bonchev–Trinajstić information content (AvgIpc) is 2.35. The van der Waals surface area contributed by atoms with Crippen molar-refractivity contribution in [3.63, 3.8) is 0 Å². The van der Waals surface area contributed by atoms with Gasteiger partial charge in [-0.2, -0.15) is 0 Å². The van der Waals surface area contributed by atoms with Gasteiger partial charge in [-0.05, 0) is 30.9 Å². The van der Waals surface area contributed by atoms with Crippen molar-refractivity contribution in [2.45, 2.75) is 39.5 Å². The van der Waals surface area contributed by atoms with E-state index in [2.05, 4.69) is 23.6 Å². The van der Waals surface area contributed by atoms with Crippen LogP contribution in [0.5, 0.6) is 0 Å². The summed E-state index contributed by atoms with van der Waals surface area (Å²) >= 11 is 0. The second-order valence-corrected chi connectivity index (χ2v) is 4.14. The molecule has 0 radical (unpaired) electrons. The Bertz CT molecular complexity index is 350. The Kier molecular flexibility index (Phi) is 6.15. The van der Waals surface area contributed by atoms with E-state index in [4.69, 9.17) is 0 Å². The Morgan fingerprint density at radius 3 is 2.65 bits per heavy atom. The largest absolute Gasteiger partial charge is 0.338 e. The van der Waals surface area contributed by atoms with Crippen molar-refractivity contribution in [1.82, 2.24) is 5.32 Å². The number of benzene rings is 1. The molecule has 2 N–H and O–H groups in total. The molecule has 0 aliphatic carbocycles. The topological polar surface area (TPSA) is 41.1 Å². The maximum atomic E-state index is 11.6. The monoisotopic (exact) mass is 234 g/mol. The van der Waals surface area contributed by atoms with E-state index in [1.165, 1.54) is 5.56 Å². The van der Waals surface area contributed by atoms with Crippen molar-refractivity contribution in [3.05, 3.63) is 29.8 Å². The highest BCUT2D eigenvalue weighted by molar-refractivity contribution is 5.90. The van der Waals surface area contributed by atoms with Crippen LogP contribution in [0.2, 0.25) is 0 Å². The van der Waals surface area contributed by atoms with E-state index in [0.29, 0.717) is 6.54 Å². The summed E-state index contributed by atoms with van der Waals surface area (Å²) in [7, 11) is 0. The number of anilines is 1. The van der Waals surface area contributed by atoms with Gasteiger partial charge in [0.25, 0.3) is 0 Å². The van der Waals surface area contributed by atoms with Crippen molar-refractivity contribution in [1.29, 1.82) is 0 Å². The summed E-state index contributed by atoms with van der Waals surface area (Å²) < 4.78 is 0. The van der Waals surface area contributed by atoms with E-state index < -0.39 is 0 Å². The Morgan fingerprint density at radius 1 is 1.18 bits per heavy atom. The van der Waals surface area contributed by atoms with Crippen molar-refractivity contribution in [3.8, 4) is 0 Å². The molecule has 0 fully saturated rings.